The Hall–Kier alpha value is -1.32. The first kappa shape index (κ1) is 14.6. The van der Waals surface area contributed by atoms with Gasteiger partial charge in [0.15, 0.2) is 0 Å². The van der Waals surface area contributed by atoms with Crippen molar-refractivity contribution < 1.29 is 4.74 Å². The van der Waals surface area contributed by atoms with Gasteiger partial charge in [-0.1, -0.05) is 24.3 Å². The van der Waals surface area contributed by atoms with Gasteiger partial charge in [-0.25, -0.2) is 4.98 Å². The number of alkyl halides is 1. The summed E-state index contributed by atoms with van der Waals surface area (Å²) in [6, 6.07) is 10.4. The van der Waals surface area contributed by atoms with Crippen molar-refractivity contribution in [3.05, 3.63) is 36.0 Å². The molecule has 0 unspecified atom stereocenters. The lowest BCUT2D eigenvalue weighted by Gasteiger charge is -2.20. The largest absolute Gasteiger partial charge is 0.379 e. The first-order valence-electron chi connectivity index (χ1n) is 7.51. The third-order valence-electron chi connectivity index (χ3n) is 3.89. The molecule has 1 fully saturated rings. The van der Waals surface area contributed by atoms with E-state index in [2.05, 4.69) is 35.1 Å². The molecule has 112 valence electrons. The number of rotatable bonds is 7. The molecule has 0 atom stereocenters. The van der Waals surface area contributed by atoms with Crippen LogP contribution < -0.4 is 4.90 Å². The average Bonchev–Trinajstić information content (AvgIpc) is 3.34. The Bertz CT molecular complexity index is 613. The fourth-order valence-electron chi connectivity index (χ4n) is 2.44. The topological polar surface area (TPSA) is 25.4 Å². The van der Waals surface area contributed by atoms with E-state index in [-0.39, 0.29) is 0 Å². The van der Waals surface area contributed by atoms with Gasteiger partial charge < -0.3 is 9.64 Å². The number of hydrogen-bond acceptors (Lipinski definition) is 3. The molecule has 0 saturated heterocycles. The third-order valence-corrected chi connectivity index (χ3v) is 4.17. The SMILES string of the molecule is CN(CCOCC1CC1)c1nc(CCl)cc2ccccc12. The number of anilines is 1. The van der Waals surface area contributed by atoms with Crippen LogP contribution in [-0.4, -0.2) is 31.8 Å². The van der Waals surface area contributed by atoms with Crippen molar-refractivity contribution in [2.24, 2.45) is 5.92 Å². The molecule has 1 aliphatic rings. The Morgan fingerprint density at radius 1 is 1.33 bits per heavy atom. The number of aromatic nitrogens is 1. The van der Waals surface area contributed by atoms with Crippen LogP contribution in [-0.2, 0) is 10.6 Å². The molecule has 0 aliphatic heterocycles. The van der Waals surface area contributed by atoms with Crippen LogP contribution in [0.15, 0.2) is 30.3 Å². The van der Waals surface area contributed by atoms with Gasteiger partial charge in [0.25, 0.3) is 0 Å². The second-order valence-corrected chi connectivity index (χ2v) is 6.00. The Morgan fingerprint density at radius 2 is 2.14 bits per heavy atom. The highest BCUT2D eigenvalue weighted by molar-refractivity contribution is 6.17. The first-order chi connectivity index (χ1) is 10.3. The molecule has 1 aromatic carbocycles. The zero-order chi connectivity index (χ0) is 14.7. The molecule has 2 aromatic rings. The second-order valence-electron chi connectivity index (χ2n) is 5.73. The van der Waals surface area contributed by atoms with Gasteiger partial charge in [0.2, 0.25) is 0 Å². The van der Waals surface area contributed by atoms with Crippen molar-refractivity contribution in [3.63, 3.8) is 0 Å². The molecule has 0 N–H and O–H groups in total. The van der Waals surface area contributed by atoms with E-state index in [1.54, 1.807) is 0 Å². The third kappa shape index (κ3) is 3.66. The van der Waals surface area contributed by atoms with Crippen molar-refractivity contribution in [1.29, 1.82) is 0 Å². The van der Waals surface area contributed by atoms with Crippen LogP contribution in [0.4, 0.5) is 5.82 Å². The molecule has 1 aromatic heterocycles. The highest BCUT2D eigenvalue weighted by Gasteiger charge is 2.21. The van der Waals surface area contributed by atoms with Crippen LogP contribution in [0.1, 0.15) is 18.5 Å². The van der Waals surface area contributed by atoms with E-state index >= 15 is 0 Å². The van der Waals surface area contributed by atoms with Gasteiger partial charge in [-0.3, -0.25) is 0 Å². The number of hydrogen-bond donors (Lipinski definition) is 0. The van der Waals surface area contributed by atoms with Crippen LogP contribution in [0, 0.1) is 5.92 Å². The summed E-state index contributed by atoms with van der Waals surface area (Å²) in [4.78, 5) is 6.84. The van der Waals surface area contributed by atoms with E-state index in [0.29, 0.717) is 5.88 Å². The normalized spacial score (nSPS) is 14.6. The maximum atomic E-state index is 5.97. The minimum Gasteiger partial charge on any atom is -0.379 e. The maximum absolute atomic E-state index is 5.97. The highest BCUT2D eigenvalue weighted by atomic mass is 35.5. The summed E-state index contributed by atoms with van der Waals surface area (Å²) in [7, 11) is 2.06. The number of ether oxygens (including phenoxy) is 1. The second kappa shape index (κ2) is 6.63. The quantitative estimate of drug-likeness (QED) is 0.574. The number of halogens is 1. The lowest BCUT2D eigenvalue weighted by molar-refractivity contribution is 0.131. The molecule has 0 spiro atoms. The van der Waals surface area contributed by atoms with E-state index in [1.807, 2.05) is 12.1 Å². The average molecular weight is 305 g/mol. The van der Waals surface area contributed by atoms with Crippen molar-refractivity contribution >= 4 is 28.2 Å². The summed E-state index contributed by atoms with van der Waals surface area (Å²) in [5.41, 5.74) is 0.913. The summed E-state index contributed by atoms with van der Waals surface area (Å²) in [6.45, 7) is 2.49. The lowest BCUT2D eigenvalue weighted by atomic mass is 10.1. The number of fused-ring (bicyclic) bond motifs is 1. The number of pyridine rings is 1. The minimum atomic E-state index is 0.434. The van der Waals surface area contributed by atoms with Gasteiger partial charge in [0.1, 0.15) is 5.82 Å². The van der Waals surface area contributed by atoms with Crippen molar-refractivity contribution in [2.75, 3.05) is 31.7 Å². The first-order valence-corrected chi connectivity index (χ1v) is 8.05. The standard InChI is InChI=1S/C17H21ClN2O/c1-20(8-9-21-12-13-6-7-13)17-16-5-3-2-4-14(16)10-15(11-18)19-17/h2-5,10,13H,6-9,11-12H2,1H3. The van der Waals surface area contributed by atoms with Gasteiger partial charge in [0.05, 0.1) is 18.2 Å². The number of benzene rings is 1. The van der Waals surface area contributed by atoms with Gasteiger partial charge >= 0.3 is 0 Å². The Balaban J connectivity index is 1.73. The molecule has 21 heavy (non-hydrogen) atoms. The van der Waals surface area contributed by atoms with Crippen LogP contribution in [0.25, 0.3) is 10.8 Å². The molecule has 1 aliphatic carbocycles. The zero-order valence-corrected chi connectivity index (χ0v) is 13.1. The van der Waals surface area contributed by atoms with Crippen molar-refractivity contribution in [3.8, 4) is 0 Å². The van der Waals surface area contributed by atoms with E-state index in [9.17, 15) is 0 Å². The van der Waals surface area contributed by atoms with E-state index in [0.717, 1.165) is 42.6 Å². The molecular formula is C17H21ClN2O. The summed E-state index contributed by atoms with van der Waals surface area (Å²) >= 11 is 5.97. The molecule has 3 nitrogen and oxygen atoms in total. The number of nitrogens with zero attached hydrogens (tertiary/aromatic N) is 2. The summed E-state index contributed by atoms with van der Waals surface area (Å²) < 4.78 is 5.72. The van der Waals surface area contributed by atoms with Crippen LogP contribution in [0.3, 0.4) is 0 Å². The fraction of sp³-hybridized carbons (Fsp3) is 0.471. The highest BCUT2D eigenvalue weighted by Crippen LogP contribution is 2.29. The van der Waals surface area contributed by atoms with Gasteiger partial charge in [-0.05, 0) is 30.2 Å². The summed E-state index contributed by atoms with van der Waals surface area (Å²) in [5.74, 6) is 2.23. The van der Waals surface area contributed by atoms with Crippen molar-refractivity contribution in [2.45, 2.75) is 18.7 Å². The monoisotopic (exact) mass is 304 g/mol. The lowest BCUT2D eigenvalue weighted by Crippen LogP contribution is -2.24. The van der Waals surface area contributed by atoms with Gasteiger partial charge in [0, 0.05) is 25.6 Å². The van der Waals surface area contributed by atoms with E-state index < -0.39 is 0 Å². The molecule has 0 amide bonds. The molecular weight excluding hydrogens is 284 g/mol. The maximum Gasteiger partial charge on any atom is 0.136 e. The van der Waals surface area contributed by atoms with Crippen LogP contribution >= 0.6 is 11.6 Å². The molecule has 1 heterocycles. The summed E-state index contributed by atoms with van der Waals surface area (Å²) in [6.07, 6.45) is 2.67. The predicted octanol–water partition coefficient (Wildman–Crippen LogP) is 3.84. The molecule has 3 rings (SSSR count). The van der Waals surface area contributed by atoms with E-state index in [1.165, 1.54) is 18.2 Å². The fourth-order valence-corrected chi connectivity index (χ4v) is 2.57. The smallest absolute Gasteiger partial charge is 0.136 e. The Kier molecular flexibility index (Phi) is 4.61. The molecule has 0 radical (unpaired) electrons. The predicted molar refractivity (Wildman–Crippen MR) is 88.1 cm³/mol. The molecule has 0 bridgehead atoms. The van der Waals surface area contributed by atoms with Crippen LogP contribution in [0.5, 0.6) is 0 Å². The number of likely N-dealkylation sites (N-methyl/N-ethyl adjacent to an activating group) is 1. The minimum absolute atomic E-state index is 0.434. The van der Waals surface area contributed by atoms with Crippen molar-refractivity contribution in [1.82, 2.24) is 4.98 Å². The molecule has 1 saturated carbocycles. The summed E-state index contributed by atoms with van der Waals surface area (Å²) in [5, 5.41) is 2.35. The molecule has 4 heteroatoms. The Labute approximate surface area is 130 Å². The van der Waals surface area contributed by atoms with E-state index in [4.69, 9.17) is 16.3 Å². The Morgan fingerprint density at radius 3 is 2.90 bits per heavy atom. The van der Waals surface area contributed by atoms with Gasteiger partial charge in [-0.15, -0.1) is 11.6 Å². The van der Waals surface area contributed by atoms with Crippen LogP contribution in [0.2, 0.25) is 0 Å². The van der Waals surface area contributed by atoms with Gasteiger partial charge in [-0.2, -0.15) is 0 Å². The zero-order valence-electron chi connectivity index (χ0n) is 12.4.